The van der Waals surface area contributed by atoms with Gasteiger partial charge in [0.1, 0.15) is 0 Å². The zero-order chi connectivity index (χ0) is 12.9. The van der Waals surface area contributed by atoms with Crippen LogP contribution in [-0.4, -0.2) is 17.3 Å². The Morgan fingerprint density at radius 2 is 1.82 bits per heavy atom. The van der Waals surface area contributed by atoms with E-state index in [1.54, 1.807) is 0 Å². The topological polar surface area (TPSA) is 32.3 Å². The number of benzene rings is 1. The van der Waals surface area contributed by atoms with Gasteiger partial charge in [-0.15, -0.1) is 0 Å². The number of rotatable bonds is 6. The molecule has 0 amide bonds. The second-order valence-corrected chi connectivity index (χ2v) is 5.41. The maximum atomic E-state index is 8.99. The van der Waals surface area contributed by atoms with E-state index in [0.29, 0.717) is 5.92 Å². The average Bonchev–Trinajstić information content (AvgIpc) is 2.28. The highest BCUT2D eigenvalue weighted by Gasteiger charge is 2.16. The van der Waals surface area contributed by atoms with Gasteiger partial charge >= 0.3 is 0 Å². The molecular formula is C15H25NO. The van der Waals surface area contributed by atoms with Crippen LogP contribution in [0.15, 0.2) is 24.3 Å². The summed E-state index contributed by atoms with van der Waals surface area (Å²) in [6.45, 7) is 8.88. The van der Waals surface area contributed by atoms with E-state index >= 15 is 0 Å². The van der Waals surface area contributed by atoms with Gasteiger partial charge in [-0.05, 0) is 50.3 Å². The van der Waals surface area contributed by atoms with Crippen molar-refractivity contribution in [3.05, 3.63) is 29.8 Å². The molecule has 1 unspecified atom stereocenters. The molecule has 1 aromatic carbocycles. The second kappa shape index (κ2) is 6.06. The molecule has 1 rings (SSSR count). The zero-order valence-corrected chi connectivity index (χ0v) is 11.5. The lowest BCUT2D eigenvalue weighted by Gasteiger charge is -2.27. The third-order valence-corrected chi connectivity index (χ3v) is 3.31. The van der Waals surface area contributed by atoms with E-state index in [1.165, 1.54) is 12.0 Å². The summed E-state index contributed by atoms with van der Waals surface area (Å²) in [4.78, 5) is 0. The van der Waals surface area contributed by atoms with Gasteiger partial charge < -0.3 is 10.4 Å². The Morgan fingerprint density at radius 1 is 1.24 bits per heavy atom. The number of nitrogens with one attached hydrogen (secondary N) is 1. The molecule has 0 bridgehead atoms. The first kappa shape index (κ1) is 14.0. The van der Waals surface area contributed by atoms with Crippen LogP contribution < -0.4 is 5.32 Å². The highest BCUT2D eigenvalue weighted by Crippen LogP contribution is 2.23. The fourth-order valence-electron chi connectivity index (χ4n) is 1.86. The highest BCUT2D eigenvalue weighted by atomic mass is 16.3. The van der Waals surface area contributed by atoms with Crippen LogP contribution in [0.2, 0.25) is 0 Å². The van der Waals surface area contributed by atoms with Crippen LogP contribution in [0.3, 0.4) is 0 Å². The van der Waals surface area contributed by atoms with Crippen molar-refractivity contribution in [2.24, 2.45) is 0 Å². The molecule has 0 aliphatic heterocycles. The van der Waals surface area contributed by atoms with Gasteiger partial charge in [-0.1, -0.05) is 26.0 Å². The van der Waals surface area contributed by atoms with Crippen molar-refractivity contribution in [1.82, 2.24) is 0 Å². The lowest BCUT2D eigenvalue weighted by atomic mass is 9.97. The molecule has 2 N–H and O–H groups in total. The van der Waals surface area contributed by atoms with Crippen molar-refractivity contribution in [1.29, 1.82) is 0 Å². The van der Waals surface area contributed by atoms with Gasteiger partial charge in [0.25, 0.3) is 0 Å². The first-order valence-corrected chi connectivity index (χ1v) is 6.47. The number of aliphatic hydroxyl groups is 1. The predicted molar refractivity (Wildman–Crippen MR) is 74.6 cm³/mol. The summed E-state index contributed by atoms with van der Waals surface area (Å²) < 4.78 is 0. The van der Waals surface area contributed by atoms with Crippen LogP contribution in [-0.2, 0) is 0 Å². The Hall–Kier alpha value is -1.02. The Kier molecular flexibility index (Phi) is 5.01. The van der Waals surface area contributed by atoms with Crippen molar-refractivity contribution in [3.8, 4) is 0 Å². The summed E-state index contributed by atoms with van der Waals surface area (Å²) in [5.41, 5.74) is 2.45. The molecule has 0 aliphatic carbocycles. The molecule has 2 heteroatoms. The molecule has 0 aromatic heterocycles. The van der Waals surface area contributed by atoms with Crippen LogP contribution in [0.25, 0.3) is 0 Å². The number of hydrogen-bond donors (Lipinski definition) is 2. The molecular weight excluding hydrogens is 210 g/mol. The van der Waals surface area contributed by atoms with Gasteiger partial charge in [0.2, 0.25) is 0 Å². The van der Waals surface area contributed by atoms with Crippen LogP contribution in [0.4, 0.5) is 5.69 Å². The summed E-state index contributed by atoms with van der Waals surface area (Å²) in [7, 11) is 0. The Bertz CT molecular complexity index is 329. The molecule has 0 radical (unpaired) electrons. The van der Waals surface area contributed by atoms with E-state index < -0.39 is 0 Å². The maximum absolute atomic E-state index is 8.99. The van der Waals surface area contributed by atoms with Crippen LogP contribution in [0.1, 0.15) is 52.0 Å². The molecule has 0 heterocycles. The van der Waals surface area contributed by atoms with Gasteiger partial charge in [-0.3, -0.25) is 0 Å². The standard InChI is InChI=1S/C15H25NO/c1-5-12(2)13-6-8-14(9-7-13)16-15(3,4)10-11-17/h6-9,12,16-17H,5,10-11H2,1-4H3. The minimum Gasteiger partial charge on any atom is -0.396 e. The molecule has 0 saturated heterocycles. The zero-order valence-electron chi connectivity index (χ0n) is 11.5. The normalized spacial score (nSPS) is 13.5. The molecule has 0 aliphatic rings. The van der Waals surface area contributed by atoms with Gasteiger partial charge in [-0.2, -0.15) is 0 Å². The lowest BCUT2D eigenvalue weighted by Crippen LogP contribution is -2.31. The molecule has 1 atom stereocenters. The Morgan fingerprint density at radius 3 is 2.29 bits per heavy atom. The highest BCUT2D eigenvalue weighted by molar-refractivity contribution is 5.47. The van der Waals surface area contributed by atoms with Crippen molar-refractivity contribution in [2.45, 2.75) is 52.0 Å². The molecule has 96 valence electrons. The first-order chi connectivity index (χ1) is 7.98. The van der Waals surface area contributed by atoms with Crippen molar-refractivity contribution < 1.29 is 5.11 Å². The van der Waals surface area contributed by atoms with E-state index in [-0.39, 0.29) is 12.1 Å². The fourth-order valence-corrected chi connectivity index (χ4v) is 1.86. The quantitative estimate of drug-likeness (QED) is 0.786. The van der Waals surface area contributed by atoms with Crippen LogP contribution >= 0.6 is 0 Å². The second-order valence-electron chi connectivity index (χ2n) is 5.41. The largest absolute Gasteiger partial charge is 0.396 e. The average molecular weight is 235 g/mol. The van der Waals surface area contributed by atoms with E-state index in [0.717, 1.165) is 12.1 Å². The summed E-state index contributed by atoms with van der Waals surface area (Å²) >= 11 is 0. The SMILES string of the molecule is CCC(C)c1ccc(NC(C)(C)CCO)cc1. The Labute approximate surface area is 105 Å². The first-order valence-electron chi connectivity index (χ1n) is 6.47. The maximum Gasteiger partial charge on any atom is 0.0453 e. The van der Waals surface area contributed by atoms with E-state index in [4.69, 9.17) is 5.11 Å². The van der Waals surface area contributed by atoms with Crippen molar-refractivity contribution in [3.63, 3.8) is 0 Å². The fraction of sp³-hybridized carbons (Fsp3) is 0.600. The third-order valence-electron chi connectivity index (χ3n) is 3.31. The van der Waals surface area contributed by atoms with E-state index in [1.807, 2.05) is 0 Å². The number of aliphatic hydroxyl groups excluding tert-OH is 1. The van der Waals surface area contributed by atoms with E-state index in [9.17, 15) is 0 Å². The predicted octanol–water partition coefficient (Wildman–Crippen LogP) is 3.77. The minimum atomic E-state index is -0.0629. The van der Waals surface area contributed by atoms with Crippen molar-refractivity contribution in [2.75, 3.05) is 11.9 Å². The monoisotopic (exact) mass is 235 g/mol. The van der Waals surface area contributed by atoms with Gasteiger partial charge in [0, 0.05) is 17.8 Å². The van der Waals surface area contributed by atoms with Gasteiger partial charge in [0.15, 0.2) is 0 Å². The summed E-state index contributed by atoms with van der Waals surface area (Å²) in [5.74, 6) is 0.620. The van der Waals surface area contributed by atoms with Gasteiger partial charge in [0.05, 0.1) is 0 Å². The molecule has 17 heavy (non-hydrogen) atoms. The third kappa shape index (κ3) is 4.39. The summed E-state index contributed by atoms with van der Waals surface area (Å²) in [6, 6.07) is 8.62. The number of anilines is 1. The summed E-state index contributed by atoms with van der Waals surface area (Å²) in [5, 5.41) is 12.4. The molecule has 0 saturated carbocycles. The van der Waals surface area contributed by atoms with Crippen LogP contribution in [0.5, 0.6) is 0 Å². The molecule has 1 aromatic rings. The smallest absolute Gasteiger partial charge is 0.0453 e. The minimum absolute atomic E-state index is 0.0629. The number of hydrogen-bond acceptors (Lipinski definition) is 2. The van der Waals surface area contributed by atoms with Crippen molar-refractivity contribution >= 4 is 5.69 Å². The summed E-state index contributed by atoms with van der Waals surface area (Å²) in [6.07, 6.45) is 1.92. The Balaban J connectivity index is 2.68. The van der Waals surface area contributed by atoms with E-state index in [2.05, 4.69) is 57.3 Å². The molecule has 0 fully saturated rings. The molecule has 0 spiro atoms. The molecule has 2 nitrogen and oxygen atoms in total. The van der Waals surface area contributed by atoms with Gasteiger partial charge in [-0.25, -0.2) is 0 Å². The lowest BCUT2D eigenvalue weighted by molar-refractivity contribution is 0.261. The van der Waals surface area contributed by atoms with Crippen LogP contribution in [0, 0.1) is 0 Å².